The molecule has 0 nitrogen and oxygen atoms in total. The molecule has 0 saturated heterocycles. The van der Waals surface area contributed by atoms with Crippen LogP contribution in [-0.4, -0.2) is 0 Å². The molecule has 0 radical (unpaired) electrons. The highest BCUT2D eigenvalue weighted by Crippen LogP contribution is 2.50. The summed E-state index contributed by atoms with van der Waals surface area (Å²) in [5.74, 6) is 0. The normalized spacial score (nSPS) is 12.1. The maximum Gasteiger partial charge on any atom is 0.0441 e. The molecule has 0 atom stereocenters. The van der Waals surface area contributed by atoms with Crippen molar-refractivity contribution in [3.63, 3.8) is 0 Å². The number of thiophene rings is 2. The molecule has 2 heteroatoms. The molecule has 0 aliphatic rings. The molecule has 0 unspecified atom stereocenters. The van der Waals surface area contributed by atoms with E-state index in [1.165, 1.54) is 117 Å². The van der Waals surface area contributed by atoms with Crippen molar-refractivity contribution in [3.8, 4) is 33.4 Å². The third-order valence-electron chi connectivity index (χ3n) is 11.4. The summed E-state index contributed by atoms with van der Waals surface area (Å²) in [7, 11) is 0. The van der Waals surface area contributed by atoms with Crippen LogP contribution < -0.4 is 0 Å². The number of rotatable bonds is 3. The minimum atomic E-state index is 1.23. The highest BCUT2D eigenvalue weighted by molar-refractivity contribution is 7.29. The van der Waals surface area contributed by atoms with Gasteiger partial charge in [0.2, 0.25) is 0 Å². The van der Waals surface area contributed by atoms with Crippen molar-refractivity contribution in [2.75, 3.05) is 0 Å². The van der Waals surface area contributed by atoms with E-state index in [0.29, 0.717) is 0 Å². The zero-order chi connectivity index (χ0) is 35.3. The van der Waals surface area contributed by atoms with Gasteiger partial charge in [-0.25, -0.2) is 0 Å². The van der Waals surface area contributed by atoms with Crippen LogP contribution in [0.3, 0.4) is 0 Å². The smallest absolute Gasteiger partial charge is 0.0441 e. The molecule has 0 amide bonds. The molecular formula is C52H30S2. The fourth-order valence-electron chi connectivity index (χ4n) is 9.10. The molecule has 12 aromatic rings. The Bertz CT molecular complexity index is 3440. The molecule has 0 bridgehead atoms. The number of benzene rings is 10. The minimum absolute atomic E-state index is 1.23. The van der Waals surface area contributed by atoms with Crippen molar-refractivity contribution in [2.45, 2.75) is 0 Å². The number of hydrogen-bond acceptors (Lipinski definition) is 2. The van der Waals surface area contributed by atoms with Gasteiger partial charge in [-0.15, -0.1) is 22.7 Å². The molecule has 2 heterocycles. The van der Waals surface area contributed by atoms with Crippen molar-refractivity contribution in [1.82, 2.24) is 0 Å². The molecular weight excluding hydrogens is 689 g/mol. The first-order chi connectivity index (χ1) is 26.8. The van der Waals surface area contributed by atoms with Crippen LogP contribution in [0.15, 0.2) is 182 Å². The first kappa shape index (κ1) is 30.2. The summed E-state index contributed by atoms with van der Waals surface area (Å²) in [5.41, 5.74) is 7.57. The van der Waals surface area contributed by atoms with E-state index in [1.54, 1.807) is 0 Å². The molecule has 0 N–H and O–H groups in total. The molecule has 10 aromatic carbocycles. The first-order valence-corrected chi connectivity index (χ1v) is 20.1. The second-order valence-electron chi connectivity index (χ2n) is 14.3. The van der Waals surface area contributed by atoms with Crippen molar-refractivity contribution < 1.29 is 0 Å². The maximum atomic E-state index is 2.42. The van der Waals surface area contributed by atoms with Crippen molar-refractivity contribution in [3.05, 3.63) is 182 Å². The predicted molar refractivity (Wildman–Crippen MR) is 239 cm³/mol. The summed E-state index contributed by atoms with van der Waals surface area (Å²) in [6.45, 7) is 0. The Morgan fingerprint density at radius 1 is 0.278 bits per heavy atom. The van der Waals surface area contributed by atoms with Gasteiger partial charge in [0.1, 0.15) is 0 Å². The largest absolute Gasteiger partial charge is 0.135 e. The van der Waals surface area contributed by atoms with Gasteiger partial charge < -0.3 is 0 Å². The number of hydrogen-bond donors (Lipinski definition) is 0. The maximum absolute atomic E-state index is 2.42. The minimum Gasteiger partial charge on any atom is -0.135 e. The Hall–Kier alpha value is -6.32. The summed E-state index contributed by atoms with van der Waals surface area (Å²) in [5, 5.41) is 15.8. The van der Waals surface area contributed by atoms with Crippen LogP contribution in [-0.2, 0) is 0 Å². The zero-order valence-corrected chi connectivity index (χ0v) is 30.8. The van der Waals surface area contributed by atoms with E-state index in [0.717, 1.165) is 0 Å². The van der Waals surface area contributed by atoms with Gasteiger partial charge in [0, 0.05) is 51.1 Å². The lowest BCUT2D eigenvalue weighted by atomic mass is 9.84. The molecule has 0 spiro atoms. The average Bonchev–Trinajstić information content (AvgIpc) is 3.82. The number of fused-ring (bicyclic) bond motifs is 13. The van der Waals surface area contributed by atoms with Crippen LogP contribution in [0.2, 0.25) is 0 Å². The summed E-state index contributed by atoms with van der Waals surface area (Å²) >= 11 is 3.86. The molecule has 54 heavy (non-hydrogen) atoms. The molecule has 0 aliphatic heterocycles. The first-order valence-electron chi connectivity index (χ1n) is 18.5. The molecule has 12 rings (SSSR count). The van der Waals surface area contributed by atoms with Gasteiger partial charge in [0.15, 0.2) is 0 Å². The van der Waals surface area contributed by atoms with E-state index in [2.05, 4.69) is 182 Å². The topological polar surface area (TPSA) is 0 Å². The standard InChI is InChI=1S/C52H30S2/c1-2-17-35-31(13-1)14-12-25-36(35)48-39-20-5-3-18-37(39)47(38-19-4-6-21-40(38)48)34-16-11-15-32(29-34)33-27-28-44-46(30-33)54-52-42-23-8-7-22-41(42)51-49(50(44)52)43-24-9-10-26-45(43)53-51/h1-30H. The van der Waals surface area contributed by atoms with E-state index < -0.39 is 0 Å². The van der Waals surface area contributed by atoms with Gasteiger partial charge in [0.05, 0.1) is 0 Å². The monoisotopic (exact) mass is 718 g/mol. The van der Waals surface area contributed by atoms with Gasteiger partial charge in [-0.2, -0.15) is 0 Å². The molecule has 0 fully saturated rings. The van der Waals surface area contributed by atoms with Crippen LogP contribution in [0, 0.1) is 0 Å². The summed E-state index contributed by atoms with van der Waals surface area (Å²) in [6, 6.07) is 67.6. The summed E-state index contributed by atoms with van der Waals surface area (Å²) < 4.78 is 5.45. The Morgan fingerprint density at radius 2 is 0.759 bits per heavy atom. The van der Waals surface area contributed by atoms with E-state index >= 15 is 0 Å². The third kappa shape index (κ3) is 4.30. The predicted octanol–water partition coefficient (Wildman–Crippen LogP) is 16.0. The molecule has 2 aromatic heterocycles. The lowest BCUT2D eigenvalue weighted by molar-refractivity contribution is 1.63. The van der Waals surface area contributed by atoms with Crippen molar-refractivity contribution in [2.24, 2.45) is 0 Å². The fourth-order valence-corrected chi connectivity index (χ4v) is 11.6. The van der Waals surface area contributed by atoms with Gasteiger partial charge in [-0.05, 0) is 83.9 Å². The Labute approximate surface area is 319 Å². The van der Waals surface area contributed by atoms with E-state index in [-0.39, 0.29) is 0 Å². The summed E-state index contributed by atoms with van der Waals surface area (Å²) in [6.07, 6.45) is 0. The van der Waals surface area contributed by atoms with Crippen LogP contribution in [0.5, 0.6) is 0 Å². The quantitative estimate of drug-likeness (QED) is 0.160. The Balaban J connectivity index is 1.08. The highest BCUT2D eigenvalue weighted by atomic mass is 32.1. The van der Waals surface area contributed by atoms with E-state index in [9.17, 15) is 0 Å². The van der Waals surface area contributed by atoms with Gasteiger partial charge in [-0.1, -0.05) is 164 Å². The average molecular weight is 719 g/mol. The highest BCUT2D eigenvalue weighted by Gasteiger charge is 2.20. The molecule has 0 saturated carbocycles. The van der Waals surface area contributed by atoms with Crippen LogP contribution in [0.25, 0.3) is 117 Å². The second-order valence-corrected chi connectivity index (χ2v) is 16.4. The van der Waals surface area contributed by atoms with Crippen molar-refractivity contribution >= 4 is 106 Å². The van der Waals surface area contributed by atoms with Gasteiger partial charge >= 0.3 is 0 Å². The SMILES string of the molecule is c1cc(-c2ccc3c(c2)sc2c4ccccc4c4sc5ccccc5c4c32)cc(-c2c3ccccc3c(-c3cccc4ccccc34)c3ccccc23)c1. The Morgan fingerprint density at radius 3 is 1.46 bits per heavy atom. The van der Waals surface area contributed by atoms with Crippen LogP contribution >= 0.6 is 22.7 Å². The lowest BCUT2D eigenvalue weighted by Crippen LogP contribution is -1.92. The lowest BCUT2D eigenvalue weighted by Gasteiger charge is -2.19. The molecule has 0 aliphatic carbocycles. The summed E-state index contributed by atoms with van der Waals surface area (Å²) in [4.78, 5) is 0. The van der Waals surface area contributed by atoms with Gasteiger partial charge in [-0.3, -0.25) is 0 Å². The Kier molecular flexibility index (Phi) is 6.48. The van der Waals surface area contributed by atoms with Gasteiger partial charge in [0.25, 0.3) is 0 Å². The van der Waals surface area contributed by atoms with E-state index in [4.69, 9.17) is 0 Å². The third-order valence-corrected chi connectivity index (χ3v) is 13.8. The fraction of sp³-hybridized carbons (Fsp3) is 0. The second kappa shape index (κ2) is 11.6. The van der Waals surface area contributed by atoms with Crippen LogP contribution in [0.1, 0.15) is 0 Å². The van der Waals surface area contributed by atoms with Crippen molar-refractivity contribution in [1.29, 1.82) is 0 Å². The zero-order valence-electron chi connectivity index (χ0n) is 29.1. The van der Waals surface area contributed by atoms with Crippen LogP contribution in [0.4, 0.5) is 0 Å². The van der Waals surface area contributed by atoms with E-state index in [1.807, 2.05) is 22.7 Å². The molecule has 250 valence electrons.